The second-order valence-electron chi connectivity index (χ2n) is 5.36. The van der Waals surface area contributed by atoms with Crippen molar-refractivity contribution in [1.29, 1.82) is 0 Å². The molecule has 1 aliphatic heterocycles. The van der Waals surface area contributed by atoms with Gasteiger partial charge in [0.05, 0.1) is 6.54 Å². The summed E-state index contributed by atoms with van der Waals surface area (Å²) in [7, 11) is 0. The number of piperazine rings is 1. The first-order valence-corrected chi connectivity index (χ1v) is 6.82. The van der Waals surface area contributed by atoms with Crippen LogP contribution in [0.3, 0.4) is 0 Å². The number of nitrogens with two attached hydrogens (primary N) is 1. The molecule has 1 aromatic rings. The molecule has 1 heterocycles. The van der Waals surface area contributed by atoms with Gasteiger partial charge in [-0.25, -0.2) is 8.78 Å². The number of anilines is 1. The Morgan fingerprint density at radius 2 is 1.71 bits per heavy atom. The summed E-state index contributed by atoms with van der Waals surface area (Å²) in [6, 6.07) is 7.49. The predicted molar refractivity (Wildman–Crippen MR) is 73.5 cm³/mol. The third kappa shape index (κ3) is 4.57. The van der Waals surface area contributed by atoms with E-state index in [0.717, 1.165) is 5.56 Å². The molecule has 2 rings (SSSR count). The highest BCUT2D eigenvalue weighted by molar-refractivity contribution is 5.40. The molecule has 1 fully saturated rings. The number of benzene rings is 1. The van der Waals surface area contributed by atoms with Crippen molar-refractivity contribution < 1.29 is 17.6 Å². The summed E-state index contributed by atoms with van der Waals surface area (Å²) < 4.78 is 50.3. The molecule has 0 unspecified atom stereocenters. The maximum atomic E-state index is 13.0. The lowest BCUT2D eigenvalue weighted by molar-refractivity contribution is -0.145. The van der Waals surface area contributed by atoms with Crippen LogP contribution < -0.4 is 5.73 Å². The quantitative estimate of drug-likeness (QED) is 0.669. The third-order valence-corrected chi connectivity index (χ3v) is 3.58. The monoisotopic (exact) mass is 305 g/mol. The maximum Gasteiger partial charge on any atom is 0.319 e. The molecular weight excluding hydrogens is 286 g/mol. The van der Waals surface area contributed by atoms with Crippen molar-refractivity contribution >= 4 is 5.69 Å². The molecule has 0 amide bonds. The lowest BCUT2D eigenvalue weighted by Gasteiger charge is -2.36. The van der Waals surface area contributed by atoms with Crippen LogP contribution in [0.5, 0.6) is 0 Å². The van der Waals surface area contributed by atoms with Gasteiger partial charge in [0.1, 0.15) is 0 Å². The zero-order valence-corrected chi connectivity index (χ0v) is 11.6. The van der Waals surface area contributed by atoms with E-state index < -0.39 is 18.9 Å². The molecular formula is C14H19F4N3. The van der Waals surface area contributed by atoms with E-state index in [9.17, 15) is 17.6 Å². The zero-order valence-electron chi connectivity index (χ0n) is 11.6. The van der Waals surface area contributed by atoms with Crippen LogP contribution in [0.2, 0.25) is 0 Å². The first-order chi connectivity index (χ1) is 9.87. The van der Waals surface area contributed by atoms with E-state index in [-0.39, 0.29) is 0 Å². The highest BCUT2D eigenvalue weighted by Crippen LogP contribution is 2.24. The fourth-order valence-electron chi connectivity index (χ4n) is 2.42. The summed E-state index contributed by atoms with van der Waals surface area (Å²) in [5.74, 6) is -3.93. The second kappa shape index (κ2) is 6.62. The Kier molecular flexibility index (Phi) is 5.05. The molecule has 118 valence electrons. The Morgan fingerprint density at radius 1 is 1.10 bits per heavy atom. The minimum absolute atomic E-state index is 0.366. The van der Waals surface area contributed by atoms with Gasteiger partial charge in [-0.05, 0) is 17.7 Å². The number of hydrogen-bond donors (Lipinski definition) is 1. The highest BCUT2D eigenvalue weighted by Gasteiger charge is 2.42. The molecule has 0 aromatic heterocycles. The minimum Gasteiger partial charge on any atom is -0.399 e. The summed E-state index contributed by atoms with van der Waals surface area (Å²) in [4.78, 5) is 3.49. The van der Waals surface area contributed by atoms with E-state index in [1.165, 1.54) is 4.90 Å². The van der Waals surface area contributed by atoms with Crippen molar-refractivity contribution in [1.82, 2.24) is 9.80 Å². The first kappa shape index (κ1) is 16.0. The molecule has 1 aromatic carbocycles. The van der Waals surface area contributed by atoms with Gasteiger partial charge >= 0.3 is 12.3 Å². The van der Waals surface area contributed by atoms with Crippen LogP contribution in [-0.2, 0) is 6.54 Å². The maximum absolute atomic E-state index is 13.0. The van der Waals surface area contributed by atoms with Crippen LogP contribution >= 0.6 is 0 Å². The number of nitrogen functional groups attached to an aromatic ring is 1. The number of hydrogen-bond acceptors (Lipinski definition) is 3. The normalized spacial score (nSPS) is 18.3. The van der Waals surface area contributed by atoms with Gasteiger partial charge in [-0.15, -0.1) is 0 Å². The summed E-state index contributed by atoms with van der Waals surface area (Å²) in [6.07, 6.45) is -3.61. The Labute approximate surface area is 121 Å². The van der Waals surface area contributed by atoms with Crippen LogP contribution in [0.4, 0.5) is 23.2 Å². The third-order valence-electron chi connectivity index (χ3n) is 3.58. The topological polar surface area (TPSA) is 32.5 Å². The zero-order chi connectivity index (χ0) is 15.5. The first-order valence-electron chi connectivity index (χ1n) is 6.82. The average Bonchev–Trinajstić information content (AvgIpc) is 2.40. The molecule has 0 radical (unpaired) electrons. The standard InChI is InChI=1S/C14H19F4N3/c15-13(16)14(17,18)10-21-6-4-20(5-7-21)9-11-2-1-3-12(19)8-11/h1-3,8,13H,4-7,9-10,19H2. The number of halogens is 4. The van der Waals surface area contributed by atoms with Crippen molar-refractivity contribution in [2.24, 2.45) is 0 Å². The molecule has 7 heteroatoms. The summed E-state index contributed by atoms with van der Waals surface area (Å²) >= 11 is 0. The number of rotatable bonds is 5. The van der Waals surface area contributed by atoms with E-state index in [1.54, 1.807) is 6.07 Å². The summed E-state index contributed by atoms with van der Waals surface area (Å²) in [6.45, 7) is 1.69. The molecule has 3 nitrogen and oxygen atoms in total. The van der Waals surface area contributed by atoms with Gasteiger partial charge in [0.25, 0.3) is 0 Å². The van der Waals surface area contributed by atoms with Gasteiger partial charge in [-0.3, -0.25) is 9.80 Å². The minimum atomic E-state index is -3.93. The summed E-state index contributed by atoms with van der Waals surface area (Å²) in [5, 5.41) is 0. The molecule has 2 N–H and O–H groups in total. The lowest BCUT2D eigenvalue weighted by atomic mass is 10.1. The van der Waals surface area contributed by atoms with Gasteiger partial charge < -0.3 is 5.73 Å². The van der Waals surface area contributed by atoms with Crippen LogP contribution in [0.25, 0.3) is 0 Å². The largest absolute Gasteiger partial charge is 0.399 e. The van der Waals surface area contributed by atoms with Crippen molar-refractivity contribution in [3.05, 3.63) is 29.8 Å². The fraction of sp³-hybridized carbons (Fsp3) is 0.571. The van der Waals surface area contributed by atoms with Crippen LogP contribution in [0.15, 0.2) is 24.3 Å². The highest BCUT2D eigenvalue weighted by atomic mass is 19.3. The van der Waals surface area contributed by atoms with Gasteiger partial charge in [0.15, 0.2) is 0 Å². The van der Waals surface area contributed by atoms with E-state index in [1.807, 2.05) is 18.2 Å². The number of alkyl halides is 4. The second-order valence-corrected chi connectivity index (χ2v) is 5.36. The van der Waals surface area contributed by atoms with E-state index >= 15 is 0 Å². The Bertz CT molecular complexity index is 459. The van der Waals surface area contributed by atoms with Gasteiger partial charge in [0.2, 0.25) is 0 Å². The van der Waals surface area contributed by atoms with Gasteiger partial charge in [0, 0.05) is 38.4 Å². The van der Waals surface area contributed by atoms with Crippen LogP contribution in [-0.4, -0.2) is 54.9 Å². The van der Waals surface area contributed by atoms with E-state index in [0.29, 0.717) is 38.4 Å². The van der Waals surface area contributed by atoms with Gasteiger partial charge in [-0.1, -0.05) is 12.1 Å². The molecule has 21 heavy (non-hydrogen) atoms. The Morgan fingerprint density at radius 3 is 2.29 bits per heavy atom. The molecule has 1 saturated heterocycles. The SMILES string of the molecule is Nc1cccc(CN2CCN(CC(F)(F)C(F)F)CC2)c1. The molecule has 1 aliphatic rings. The number of nitrogens with zero attached hydrogens (tertiary/aromatic N) is 2. The fourth-order valence-corrected chi connectivity index (χ4v) is 2.42. The predicted octanol–water partition coefficient (Wildman–Crippen LogP) is 2.29. The Balaban J connectivity index is 1.81. The van der Waals surface area contributed by atoms with Crippen LogP contribution in [0.1, 0.15) is 5.56 Å². The average molecular weight is 305 g/mol. The van der Waals surface area contributed by atoms with E-state index in [2.05, 4.69) is 4.90 Å². The molecule has 0 saturated carbocycles. The van der Waals surface area contributed by atoms with E-state index in [4.69, 9.17) is 5.73 Å². The molecule has 0 aliphatic carbocycles. The molecule has 0 bridgehead atoms. The van der Waals surface area contributed by atoms with Gasteiger partial charge in [-0.2, -0.15) is 8.78 Å². The Hall–Kier alpha value is -1.34. The van der Waals surface area contributed by atoms with Crippen molar-refractivity contribution in [3.63, 3.8) is 0 Å². The lowest BCUT2D eigenvalue weighted by Crippen LogP contribution is -2.51. The van der Waals surface area contributed by atoms with Crippen molar-refractivity contribution in [2.45, 2.75) is 18.9 Å². The molecule has 0 atom stereocenters. The van der Waals surface area contributed by atoms with Crippen molar-refractivity contribution in [2.75, 3.05) is 38.5 Å². The molecule has 0 spiro atoms. The van der Waals surface area contributed by atoms with Crippen molar-refractivity contribution in [3.8, 4) is 0 Å². The summed E-state index contributed by atoms with van der Waals surface area (Å²) in [5.41, 5.74) is 7.44. The smallest absolute Gasteiger partial charge is 0.319 e. The van der Waals surface area contributed by atoms with Crippen LogP contribution in [0, 0.1) is 0 Å².